The summed E-state index contributed by atoms with van der Waals surface area (Å²) in [5, 5.41) is 3.47. The van der Waals surface area contributed by atoms with Crippen LogP contribution in [0.3, 0.4) is 0 Å². The van der Waals surface area contributed by atoms with Crippen LogP contribution in [-0.4, -0.2) is 73.7 Å². The summed E-state index contributed by atoms with van der Waals surface area (Å²) in [6.45, 7) is 2.43. The van der Waals surface area contributed by atoms with Crippen molar-refractivity contribution in [1.29, 1.82) is 0 Å². The summed E-state index contributed by atoms with van der Waals surface area (Å²) in [5.41, 5.74) is 2.32. The van der Waals surface area contributed by atoms with E-state index < -0.39 is 0 Å². The van der Waals surface area contributed by atoms with Crippen molar-refractivity contribution in [2.75, 3.05) is 40.8 Å². The van der Waals surface area contributed by atoms with Gasteiger partial charge in [-0.05, 0) is 62.1 Å². The Kier molecular flexibility index (Phi) is 9.10. The maximum atomic E-state index is 13.1. The lowest BCUT2D eigenvalue weighted by Crippen LogP contribution is -2.52. The topological polar surface area (TPSA) is 61.9 Å². The molecule has 2 aliphatic rings. The summed E-state index contributed by atoms with van der Waals surface area (Å²) in [4.78, 5) is 30.9. The SMILES string of the molecule is COc1ccc(/C=C2/SC3CCC(C(=O)NCCN(C)CCc4ccccc4)CC3N(C)C2=O)cc1. The van der Waals surface area contributed by atoms with Crippen molar-refractivity contribution in [1.82, 2.24) is 15.1 Å². The molecule has 0 spiro atoms. The minimum atomic E-state index is -0.0381. The predicted octanol–water partition coefficient (Wildman–Crippen LogP) is 4.07. The van der Waals surface area contributed by atoms with Gasteiger partial charge in [0.2, 0.25) is 5.91 Å². The summed E-state index contributed by atoms with van der Waals surface area (Å²) in [5.74, 6) is 0.921. The van der Waals surface area contributed by atoms with E-state index in [1.54, 1.807) is 18.9 Å². The predicted molar refractivity (Wildman–Crippen MR) is 147 cm³/mol. The van der Waals surface area contributed by atoms with Crippen LogP contribution in [0, 0.1) is 5.92 Å². The lowest BCUT2D eigenvalue weighted by atomic mass is 9.83. The molecule has 0 radical (unpaired) electrons. The average molecular weight is 508 g/mol. The Hall–Kier alpha value is -2.77. The summed E-state index contributed by atoms with van der Waals surface area (Å²) < 4.78 is 5.22. The highest BCUT2D eigenvalue weighted by atomic mass is 32.2. The van der Waals surface area contributed by atoms with Gasteiger partial charge in [0.25, 0.3) is 5.91 Å². The van der Waals surface area contributed by atoms with Crippen LogP contribution < -0.4 is 10.1 Å². The molecule has 2 fully saturated rings. The molecule has 1 saturated heterocycles. The summed E-state index contributed by atoms with van der Waals surface area (Å²) in [6, 6.07) is 18.3. The molecule has 1 N–H and O–H groups in total. The van der Waals surface area contributed by atoms with E-state index in [-0.39, 0.29) is 23.8 Å². The lowest BCUT2D eigenvalue weighted by Gasteiger charge is -2.44. The maximum absolute atomic E-state index is 13.1. The van der Waals surface area contributed by atoms with Crippen molar-refractivity contribution >= 4 is 29.7 Å². The monoisotopic (exact) mass is 507 g/mol. The van der Waals surface area contributed by atoms with Gasteiger partial charge in [0, 0.05) is 43.9 Å². The molecule has 6 nitrogen and oxygen atoms in total. The van der Waals surface area contributed by atoms with Crippen LogP contribution in [0.15, 0.2) is 59.5 Å². The number of hydrogen-bond donors (Lipinski definition) is 1. The number of hydrogen-bond acceptors (Lipinski definition) is 5. The van der Waals surface area contributed by atoms with E-state index >= 15 is 0 Å². The number of carbonyl (C=O) groups is 2. The molecule has 3 atom stereocenters. The Balaban J connectivity index is 1.25. The highest BCUT2D eigenvalue weighted by molar-refractivity contribution is 8.04. The van der Waals surface area contributed by atoms with Gasteiger partial charge in [-0.15, -0.1) is 11.8 Å². The Labute approximate surface area is 219 Å². The first-order valence-electron chi connectivity index (χ1n) is 12.7. The van der Waals surface area contributed by atoms with Crippen LogP contribution in [0.1, 0.15) is 30.4 Å². The van der Waals surface area contributed by atoms with Crippen molar-refractivity contribution in [3.63, 3.8) is 0 Å². The highest BCUT2D eigenvalue weighted by Gasteiger charge is 2.42. The second-order valence-corrected chi connectivity index (χ2v) is 11.0. The maximum Gasteiger partial charge on any atom is 0.260 e. The highest BCUT2D eigenvalue weighted by Crippen LogP contribution is 2.43. The fraction of sp³-hybridized carbons (Fsp3) is 0.448. The molecule has 4 rings (SSSR count). The smallest absolute Gasteiger partial charge is 0.260 e. The number of rotatable bonds is 9. The minimum absolute atomic E-state index is 0.0381. The molecule has 1 heterocycles. The molecule has 36 heavy (non-hydrogen) atoms. The number of thioether (sulfide) groups is 1. The largest absolute Gasteiger partial charge is 0.497 e. The molecule has 2 aromatic rings. The van der Waals surface area contributed by atoms with Crippen LogP contribution in [0.5, 0.6) is 5.75 Å². The van der Waals surface area contributed by atoms with Crippen molar-refractivity contribution < 1.29 is 14.3 Å². The molecule has 192 valence electrons. The van der Waals surface area contributed by atoms with Crippen molar-refractivity contribution in [2.24, 2.45) is 5.92 Å². The van der Waals surface area contributed by atoms with Crippen LogP contribution in [0.25, 0.3) is 6.08 Å². The molecule has 2 amide bonds. The van der Waals surface area contributed by atoms with E-state index in [2.05, 4.69) is 41.5 Å². The third-order valence-electron chi connectivity index (χ3n) is 7.26. The van der Waals surface area contributed by atoms with Gasteiger partial charge in [0.15, 0.2) is 0 Å². The number of benzene rings is 2. The van der Waals surface area contributed by atoms with E-state index in [0.29, 0.717) is 11.8 Å². The molecular weight excluding hydrogens is 470 g/mol. The normalized spacial score (nSPS) is 23.0. The number of fused-ring (bicyclic) bond motifs is 1. The zero-order chi connectivity index (χ0) is 25.5. The Morgan fingerprint density at radius 3 is 2.61 bits per heavy atom. The summed E-state index contributed by atoms with van der Waals surface area (Å²) >= 11 is 1.67. The third kappa shape index (κ3) is 6.71. The first-order valence-corrected chi connectivity index (χ1v) is 13.6. The standard InChI is InChI=1S/C29H37N3O3S/c1-31(17-15-21-7-5-4-6-8-21)18-16-30-28(33)23-11-14-26-25(20-23)32(2)29(34)27(36-26)19-22-9-12-24(35-3)13-10-22/h4-10,12-13,19,23,25-26H,11,14-18,20H2,1-3H3,(H,30,33)/b27-19+. The molecule has 0 aromatic heterocycles. The van der Waals surface area contributed by atoms with Gasteiger partial charge in [-0.1, -0.05) is 42.5 Å². The first-order chi connectivity index (χ1) is 17.4. The molecule has 1 aliphatic heterocycles. The van der Waals surface area contributed by atoms with Gasteiger partial charge >= 0.3 is 0 Å². The third-order valence-corrected chi connectivity index (χ3v) is 8.66. The van der Waals surface area contributed by atoms with Gasteiger partial charge in [-0.2, -0.15) is 0 Å². The van der Waals surface area contributed by atoms with Crippen molar-refractivity contribution in [2.45, 2.75) is 37.0 Å². The van der Waals surface area contributed by atoms with Gasteiger partial charge in [-0.25, -0.2) is 0 Å². The number of carbonyl (C=O) groups excluding carboxylic acids is 2. The molecular formula is C29H37N3O3S. The summed E-state index contributed by atoms with van der Waals surface area (Å²) in [7, 11) is 5.62. The molecule has 7 heteroatoms. The fourth-order valence-corrected chi connectivity index (χ4v) is 6.46. The molecule has 2 aromatic carbocycles. The van der Waals surface area contributed by atoms with Crippen LogP contribution in [0.4, 0.5) is 0 Å². The number of amides is 2. The second kappa shape index (κ2) is 12.5. The molecule has 1 aliphatic carbocycles. The van der Waals surface area contributed by atoms with Crippen LogP contribution in [0.2, 0.25) is 0 Å². The quantitative estimate of drug-likeness (QED) is 0.519. The Morgan fingerprint density at radius 1 is 1.14 bits per heavy atom. The van der Waals surface area contributed by atoms with E-state index in [0.717, 1.165) is 55.0 Å². The zero-order valence-electron chi connectivity index (χ0n) is 21.5. The lowest BCUT2D eigenvalue weighted by molar-refractivity contribution is -0.131. The van der Waals surface area contributed by atoms with Gasteiger partial charge < -0.3 is 19.9 Å². The Bertz CT molecular complexity index is 1060. The number of nitrogens with zero attached hydrogens (tertiary/aromatic N) is 2. The van der Waals surface area contributed by atoms with E-state index in [9.17, 15) is 9.59 Å². The second-order valence-electron chi connectivity index (χ2n) is 9.76. The van der Waals surface area contributed by atoms with E-state index in [1.807, 2.05) is 48.4 Å². The first kappa shape index (κ1) is 26.3. The summed E-state index contributed by atoms with van der Waals surface area (Å²) in [6.07, 6.45) is 5.49. The van der Waals surface area contributed by atoms with E-state index in [1.165, 1.54) is 5.56 Å². The average Bonchev–Trinajstić information content (AvgIpc) is 2.91. The fourth-order valence-electron chi connectivity index (χ4n) is 4.98. The number of nitrogens with one attached hydrogen (secondary N) is 1. The zero-order valence-corrected chi connectivity index (χ0v) is 22.3. The molecule has 1 saturated carbocycles. The minimum Gasteiger partial charge on any atom is -0.497 e. The van der Waals surface area contributed by atoms with Crippen molar-refractivity contribution in [3.8, 4) is 5.75 Å². The van der Waals surface area contributed by atoms with Gasteiger partial charge in [0.05, 0.1) is 12.0 Å². The van der Waals surface area contributed by atoms with Gasteiger partial charge in [-0.3, -0.25) is 9.59 Å². The molecule has 3 unspecified atom stereocenters. The van der Waals surface area contributed by atoms with Crippen LogP contribution in [-0.2, 0) is 16.0 Å². The van der Waals surface area contributed by atoms with Crippen molar-refractivity contribution in [3.05, 3.63) is 70.6 Å². The van der Waals surface area contributed by atoms with Gasteiger partial charge in [0.1, 0.15) is 5.75 Å². The Morgan fingerprint density at radius 2 is 1.89 bits per heavy atom. The number of methoxy groups -OCH3 is 1. The number of likely N-dealkylation sites (N-methyl/N-ethyl adjacent to an activating group) is 2. The van der Waals surface area contributed by atoms with E-state index in [4.69, 9.17) is 4.74 Å². The number of ether oxygens (including phenoxy) is 1. The van der Waals surface area contributed by atoms with Crippen LogP contribution >= 0.6 is 11.8 Å². The molecule has 0 bridgehead atoms.